The molecule has 1 N–H and O–H groups in total. The predicted molar refractivity (Wildman–Crippen MR) is 148 cm³/mol. The van der Waals surface area contributed by atoms with Crippen LogP contribution in [0.1, 0.15) is 59.4 Å². The molecule has 0 bridgehead atoms. The molecule has 2 saturated heterocycles. The van der Waals surface area contributed by atoms with Crippen molar-refractivity contribution in [2.45, 2.75) is 43.1 Å². The van der Waals surface area contributed by atoms with E-state index in [4.69, 9.17) is 14.2 Å². The summed E-state index contributed by atoms with van der Waals surface area (Å²) in [6.07, 6.45) is 3.35. The second kappa shape index (κ2) is 10.0. The summed E-state index contributed by atoms with van der Waals surface area (Å²) in [6, 6.07) is 9.79. The molecule has 0 spiro atoms. The monoisotopic (exact) mass is 536 g/mol. The molecule has 1 atom stereocenters. The van der Waals surface area contributed by atoms with Crippen molar-refractivity contribution in [3.05, 3.63) is 58.3 Å². The molecule has 0 saturated carbocycles. The van der Waals surface area contributed by atoms with Crippen LogP contribution in [-0.2, 0) is 30.1 Å². The molecule has 2 aliphatic heterocycles. The number of ketones is 1. The minimum atomic E-state index is -1.93. The lowest BCUT2D eigenvalue weighted by Crippen LogP contribution is -2.38. The average Bonchev–Trinajstić information content (AvgIpc) is 3.33. The summed E-state index contributed by atoms with van der Waals surface area (Å²) >= 11 is 0. The van der Waals surface area contributed by atoms with E-state index in [2.05, 4.69) is 23.8 Å². The van der Waals surface area contributed by atoms with E-state index in [1.54, 1.807) is 13.3 Å². The lowest BCUT2D eigenvalue weighted by atomic mass is 9.71. The van der Waals surface area contributed by atoms with Crippen molar-refractivity contribution >= 4 is 33.9 Å². The molecule has 1 unspecified atom stereocenters. The number of H-pyrrole nitrogens is 1. The summed E-state index contributed by atoms with van der Waals surface area (Å²) in [7, 11) is -0.191. The summed E-state index contributed by atoms with van der Waals surface area (Å²) in [5.74, 6) is 0.548. The lowest BCUT2D eigenvalue weighted by Gasteiger charge is -2.33. The van der Waals surface area contributed by atoms with Crippen molar-refractivity contribution in [2.75, 3.05) is 46.6 Å². The number of hydrogen-bond donors (Lipinski definition) is 1. The van der Waals surface area contributed by atoms with Gasteiger partial charge in [-0.15, -0.1) is 4.31 Å². The molecule has 1 aliphatic carbocycles. The Morgan fingerprint density at radius 2 is 1.84 bits per heavy atom. The van der Waals surface area contributed by atoms with Gasteiger partial charge in [-0.2, -0.15) is 0 Å². The third-order valence-corrected chi connectivity index (χ3v) is 9.56. The zero-order valence-electron chi connectivity index (χ0n) is 22.1. The molecule has 9 heteroatoms. The summed E-state index contributed by atoms with van der Waals surface area (Å²) in [4.78, 5) is 22.4. The van der Waals surface area contributed by atoms with Gasteiger partial charge in [0, 0.05) is 59.7 Å². The highest BCUT2D eigenvalue weighted by atomic mass is 32.2. The van der Waals surface area contributed by atoms with Gasteiger partial charge < -0.3 is 19.2 Å². The molecular weight excluding hydrogens is 502 g/mol. The number of rotatable bonds is 5. The minimum absolute atomic E-state index is 0.0154. The first-order valence-corrected chi connectivity index (χ1v) is 14.5. The highest BCUT2D eigenvalue weighted by molar-refractivity contribution is 7.82. The van der Waals surface area contributed by atoms with Crippen LogP contribution in [0.2, 0.25) is 0 Å². The number of fused-ring (bicyclic) bond motifs is 4. The van der Waals surface area contributed by atoms with Gasteiger partial charge >= 0.3 is 0 Å². The van der Waals surface area contributed by atoms with Crippen LogP contribution in [0.3, 0.4) is 0 Å². The van der Waals surface area contributed by atoms with Gasteiger partial charge in [0.15, 0.2) is 22.5 Å². The Labute approximate surface area is 225 Å². The number of benzene rings is 2. The van der Waals surface area contributed by atoms with Gasteiger partial charge in [0.05, 0.1) is 45.1 Å². The molecule has 3 aromatic rings. The number of morpholine rings is 1. The Morgan fingerprint density at radius 1 is 1.11 bits per heavy atom. The second-order valence-electron chi connectivity index (χ2n) is 10.7. The standard InChI is InChI=1S/C29H33N3O5S/c1-29(2)22-16-24(37-19-6-10-35-11-7-19)25(38(34)32-8-12-36-13-9-32)15-21(22)27(33)26-20-5-4-18(17-30-3)14-23(20)31-28(26)29/h4-5,14-17,19,31H,6-13H2,1-3H3/p+1. The van der Waals surface area contributed by atoms with Gasteiger partial charge in [-0.1, -0.05) is 30.2 Å². The molecule has 3 aliphatic rings. The third kappa shape index (κ3) is 4.31. The van der Waals surface area contributed by atoms with E-state index in [1.807, 2.05) is 34.6 Å². The number of aliphatic imine (C=N–C) groups is 1. The molecule has 0 amide bonds. The van der Waals surface area contributed by atoms with Gasteiger partial charge in [0.25, 0.3) is 0 Å². The third-order valence-electron chi connectivity index (χ3n) is 7.88. The Kier molecular flexibility index (Phi) is 6.72. The maximum atomic E-state index is 14.1. The van der Waals surface area contributed by atoms with Crippen LogP contribution in [-0.4, -0.2) is 74.0 Å². The average molecular weight is 537 g/mol. The largest absolute Gasteiger partial charge is 0.485 e. The Morgan fingerprint density at radius 3 is 2.58 bits per heavy atom. The summed E-state index contributed by atoms with van der Waals surface area (Å²) < 4.78 is 33.4. The van der Waals surface area contributed by atoms with Crippen LogP contribution in [0.5, 0.6) is 5.75 Å². The highest BCUT2D eigenvalue weighted by Crippen LogP contribution is 2.46. The fourth-order valence-corrected chi connectivity index (χ4v) is 7.17. The summed E-state index contributed by atoms with van der Waals surface area (Å²) in [5, 5.41) is 0.888. The van der Waals surface area contributed by atoms with Gasteiger partial charge in [0.1, 0.15) is 6.10 Å². The number of nitrogens with one attached hydrogen (secondary N) is 1. The maximum absolute atomic E-state index is 14.1. The van der Waals surface area contributed by atoms with Crippen LogP contribution in [0.15, 0.2) is 40.2 Å². The van der Waals surface area contributed by atoms with Crippen molar-refractivity contribution < 1.29 is 23.2 Å². The van der Waals surface area contributed by atoms with E-state index in [1.165, 1.54) is 0 Å². The van der Waals surface area contributed by atoms with E-state index in [-0.39, 0.29) is 11.9 Å². The number of thiol groups is 1. The Hall–Kier alpha value is -2.85. The number of hydrogen-bond acceptors (Lipinski definition) is 6. The van der Waals surface area contributed by atoms with Crippen molar-refractivity contribution in [2.24, 2.45) is 4.99 Å². The van der Waals surface area contributed by atoms with Crippen LogP contribution in [0.4, 0.5) is 0 Å². The minimum Gasteiger partial charge on any atom is -0.485 e. The molecule has 0 radical (unpaired) electrons. The molecule has 8 nitrogen and oxygen atoms in total. The molecule has 200 valence electrons. The second-order valence-corrected chi connectivity index (χ2v) is 12.2. The number of aromatic amines is 1. The normalized spacial score (nSPS) is 21.0. The molecule has 1 aromatic heterocycles. The molecule has 3 heterocycles. The fraction of sp³-hybridized carbons (Fsp3) is 0.448. The van der Waals surface area contributed by atoms with Crippen molar-refractivity contribution in [3.8, 4) is 5.75 Å². The first-order valence-electron chi connectivity index (χ1n) is 13.2. The topological polar surface area (TPSA) is 93.2 Å². The van der Waals surface area contributed by atoms with Crippen molar-refractivity contribution in [1.82, 2.24) is 9.29 Å². The Bertz CT molecular complexity index is 1450. The zero-order valence-corrected chi connectivity index (χ0v) is 23.0. The molecule has 2 aromatic carbocycles. The predicted octanol–water partition coefficient (Wildman–Crippen LogP) is 3.95. The molecule has 2 fully saturated rings. The number of aromatic nitrogens is 1. The van der Waals surface area contributed by atoms with Crippen molar-refractivity contribution in [3.63, 3.8) is 0 Å². The SMILES string of the molecule is CN=Cc1ccc2c3c([nH]c2c1)C(C)(C)c1cc(OC2CCOCC2)c([SH+](=O)N2CCOCC2)cc1C3=O. The Balaban J connectivity index is 1.49. The molecule has 6 rings (SSSR count). The van der Waals surface area contributed by atoms with Crippen molar-refractivity contribution in [1.29, 1.82) is 0 Å². The quantitative estimate of drug-likeness (QED) is 0.303. The molecule has 38 heavy (non-hydrogen) atoms. The number of ether oxygens (including phenoxy) is 3. The summed E-state index contributed by atoms with van der Waals surface area (Å²) in [6.45, 7) is 7.79. The van der Waals surface area contributed by atoms with E-state index < -0.39 is 16.4 Å². The zero-order chi connectivity index (χ0) is 26.4. The summed E-state index contributed by atoms with van der Waals surface area (Å²) in [5.41, 5.74) is 4.42. The van der Waals surface area contributed by atoms with Crippen LogP contribution in [0, 0.1) is 0 Å². The maximum Gasteiger partial charge on any atom is 0.217 e. The van der Waals surface area contributed by atoms with Gasteiger partial charge in [0.2, 0.25) is 4.90 Å². The highest BCUT2D eigenvalue weighted by Gasteiger charge is 2.42. The van der Waals surface area contributed by atoms with Gasteiger partial charge in [-0.25, -0.2) is 0 Å². The van der Waals surface area contributed by atoms with Crippen LogP contribution < -0.4 is 4.74 Å². The van der Waals surface area contributed by atoms with E-state index in [9.17, 15) is 9.00 Å². The first-order chi connectivity index (χ1) is 18.4. The molecular formula is C29H34N3O5S+. The van der Waals surface area contributed by atoms with Crippen LogP contribution in [0.25, 0.3) is 10.9 Å². The number of carbonyl (C=O) groups is 1. The van der Waals surface area contributed by atoms with Gasteiger partial charge in [-0.3, -0.25) is 9.79 Å². The number of carbonyl (C=O) groups excluding carboxylic acids is 1. The number of nitrogens with zero attached hydrogens (tertiary/aromatic N) is 2. The fourth-order valence-electron chi connectivity index (χ4n) is 5.80. The first kappa shape index (κ1) is 25.4. The van der Waals surface area contributed by atoms with Gasteiger partial charge in [-0.05, 0) is 23.3 Å². The smallest absolute Gasteiger partial charge is 0.217 e. The van der Waals surface area contributed by atoms with E-state index in [0.29, 0.717) is 61.3 Å². The van der Waals surface area contributed by atoms with E-state index in [0.717, 1.165) is 40.6 Å². The van der Waals surface area contributed by atoms with E-state index >= 15 is 0 Å². The van der Waals surface area contributed by atoms with Crippen LogP contribution >= 0.6 is 0 Å². The lowest BCUT2D eigenvalue weighted by molar-refractivity contribution is 0.0242.